The third-order valence-corrected chi connectivity index (χ3v) is 3.29. The highest BCUT2D eigenvalue weighted by molar-refractivity contribution is 5.78. The van der Waals surface area contributed by atoms with Crippen LogP contribution in [0, 0.1) is 5.92 Å². The third kappa shape index (κ3) is 2.24. The van der Waals surface area contributed by atoms with Gasteiger partial charge in [0.25, 0.3) is 0 Å². The molecule has 3 rings (SSSR count). The fourth-order valence-electron chi connectivity index (χ4n) is 2.40. The highest BCUT2D eigenvalue weighted by atomic mass is 16.5. The predicted octanol–water partition coefficient (Wildman–Crippen LogP) is 0.776. The van der Waals surface area contributed by atoms with E-state index in [1.165, 1.54) is 0 Å². The van der Waals surface area contributed by atoms with Gasteiger partial charge in [0, 0.05) is 18.1 Å². The number of rotatable bonds is 3. The predicted molar refractivity (Wildman–Crippen MR) is 73.1 cm³/mol. The van der Waals surface area contributed by atoms with Crippen LogP contribution in [0.3, 0.4) is 0 Å². The molecule has 2 aromatic rings. The van der Waals surface area contributed by atoms with E-state index in [0.29, 0.717) is 18.3 Å². The van der Waals surface area contributed by atoms with Gasteiger partial charge in [0.2, 0.25) is 5.95 Å². The minimum atomic E-state index is -0.620. The second-order valence-corrected chi connectivity index (χ2v) is 4.56. The van der Waals surface area contributed by atoms with Crippen molar-refractivity contribution < 1.29 is 9.53 Å². The maximum atomic E-state index is 12.3. The van der Waals surface area contributed by atoms with Crippen LogP contribution in [0.2, 0.25) is 0 Å². The van der Waals surface area contributed by atoms with Crippen LogP contribution in [-0.2, 0) is 9.53 Å². The Hall–Kier alpha value is -2.77. The molecule has 0 spiro atoms. The van der Waals surface area contributed by atoms with Crippen molar-refractivity contribution in [2.24, 2.45) is 5.92 Å². The number of nitrogens with one attached hydrogen (secondary N) is 1. The number of anilines is 1. The van der Waals surface area contributed by atoms with Crippen molar-refractivity contribution in [2.75, 3.05) is 11.9 Å². The van der Waals surface area contributed by atoms with Gasteiger partial charge in [-0.25, -0.2) is 4.68 Å². The average molecular weight is 286 g/mol. The molecule has 21 heavy (non-hydrogen) atoms. The fraction of sp³-hybridized carbons (Fsp3) is 0.308. The number of nitrogens with zero attached hydrogens (tertiary/aromatic N) is 5. The Morgan fingerprint density at radius 3 is 3.14 bits per heavy atom. The number of ether oxygens (including phenoxy) is 1. The van der Waals surface area contributed by atoms with Crippen LogP contribution in [0.5, 0.6) is 0 Å². The van der Waals surface area contributed by atoms with E-state index in [-0.39, 0.29) is 5.97 Å². The Balaban J connectivity index is 2.09. The first-order valence-electron chi connectivity index (χ1n) is 6.52. The molecule has 0 saturated carbocycles. The van der Waals surface area contributed by atoms with E-state index < -0.39 is 12.0 Å². The monoisotopic (exact) mass is 286 g/mol. The SMILES string of the molecule is C=C1Nc2nnnn2C(c2cccnc2)C1C(=O)OCC. The van der Waals surface area contributed by atoms with E-state index >= 15 is 0 Å². The van der Waals surface area contributed by atoms with Gasteiger partial charge in [0.15, 0.2) is 0 Å². The summed E-state index contributed by atoms with van der Waals surface area (Å²) < 4.78 is 6.70. The summed E-state index contributed by atoms with van der Waals surface area (Å²) in [4.78, 5) is 16.4. The van der Waals surface area contributed by atoms with E-state index in [1.54, 1.807) is 30.1 Å². The van der Waals surface area contributed by atoms with E-state index in [4.69, 9.17) is 4.74 Å². The molecule has 2 atom stereocenters. The molecule has 0 saturated heterocycles. The molecule has 0 fully saturated rings. The summed E-state index contributed by atoms with van der Waals surface area (Å²) in [5.74, 6) is -0.551. The number of hydrogen-bond donors (Lipinski definition) is 1. The minimum absolute atomic E-state index is 0.296. The lowest BCUT2D eigenvalue weighted by atomic mass is 9.90. The topological polar surface area (TPSA) is 94.8 Å². The molecule has 0 aromatic carbocycles. The number of carbonyl (C=O) groups is 1. The average Bonchev–Trinajstić information content (AvgIpc) is 2.94. The van der Waals surface area contributed by atoms with Crippen molar-refractivity contribution in [3.8, 4) is 0 Å². The first kappa shape index (κ1) is 13.2. The molecule has 2 aromatic heterocycles. The van der Waals surface area contributed by atoms with Crippen molar-refractivity contribution in [3.05, 3.63) is 42.4 Å². The molecule has 8 heteroatoms. The second kappa shape index (κ2) is 5.31. The van der Waals surface area contributed by atoms with Crippen LogP contribution in [0.4, 0.5) is 5.95 Å². The Morgan fingerprint density at radius 2 is 2.43 bits per heavy atom. The van der Waals surface area contributed by atoms with Crippen molar-refractivity contribution in [1.29, 1.82) is 0 Å². The lowest BCUT2D eigenvalue weighted by Crippen LogP contribution is -2.37. The van der Waals surface area contributed by atoms with Gasteiger partial charge in [0.1, 0.15) is 12.0 Å². The zero-order valence-electron chi connectivity index (χ0n) is 11.4. The fourth-order valence-corrected chi connectivity index (χ4v) is 2.40. The van der Waals surface area contributed by atoms with Crippen LogP contribution in [0.15, 0.2) is 36.8 Å². The third-order valence-electron chi connectivity index (χ3n) is 3.29. The Labute approximate surface area is 120 Å². The molecule has 1 N–H and O–H groups in total. The molecular weight excluding hydrogens is 272 g/mol. The maximum Gasteiger partial charge on any atom is 0.317 e. The van der Waals surface area contributed by atoms with Gasteiger partial charge in [-0.3, -0.25) is 9.78 Å². The van der Waals surface area contributed by atoms with Crippen molar-refractivity contribution in [2.45, 2.75) is 13.0 Å². The molecule has 3 heterocycles. The second-order valence-electron chi connectivity index (χ2n) is 4.56. The van der Waals surface area contributed by atoms with E-state index in [1.807, 2.05) is 6.07 Å². The molecule has 0 bridgehead atoms. The van der Waals surface area contributed by atoms with Gasteiger partial charge < -0.3 is 10.1 Å². The number of carbonyl (C=O) groups excluding carboxylic acids is 1. The van der Waals surface area contributed by atoms with Crippen LogP contribution in [0.1, 0.15) is 18.5 Å². The van der Waals surface area contributed by atoms with Gasteiger partial charge in [-0.05, 0) is 29.0 Å². The van der Waals surface area contributed by atoms with E-state index in [2.05, 4.69) is 32.4 Å². The Kier molecular flexibility index (Phi) is 3.35. The van der Waals surface area contributed by atoms with Crippen LogP contribution in [0.25, 0.3) is 0 Å². The van der Waals surface area contributed by atoms with Gasteiger partial charge >= 0.3 is 5.97 Å². The Morgan fingerprint density at radius 1 is 1.57 bits per heavy atom. The minimum Gasteiger partial charge on any atom is -0.465 e. The number of tetrazole rings is 1. The molecule has 0 aliphatic carbocycles. The van der Waals surface area contributed by atoms with Crippen molar-refractivity contribution >= 4 is 11.9 Å². The van der Waals surface area contributed by atoms with Crippen LogP contribution >= 0.6 is 0 Å². The maximum absolute atomic E-state index is 12.3. The number of hydrogen-bond acceptors (Lipinski definition) is 7. The number of esters is 1. The number of aromatic nitrogens is 5. The summed E-state index contributed by atoms with van der Waals surface area (Å²) in [6.07, 6.45) is 3.35. The smallest absolute Gasteiger partial charge is 0.317 e. The van der Waals surface area contributed by atoms with Gasteiger partial charge in [0.05, 0.1) is 6.61 Å². The van der Waals surface area contributed by atoms with Gasteiger partial charge in [-0.1, -0.05) is 17.7 Å². The van der Waals surface area contributed by atoms with E-state index in [0.717, 1.165) is 5.56 Å². The zero-order valence-corrected chi connectivity index (χ0v) is 11.4. The lowest BCUT2D eigenvalue weighted by Gasteiger charge is -2.32. The largest absolute Gasteiger partial charge is 0.465 e. The number of pyridine rings is 1. The lowest BCUT2D eigenvalue weighted by molar-refractivity contribution is -0.147. The summed E-state index contributed by atoms with van der Waals surface area (Å²) in [6.45, 7) is 5.97. The molecule has 1 aliphatic rings. The summed E-state index contributed by atoms with van der Waals surface area (Å²) in [5.41, 5.74) is 1.32. The van der Waals surface area contributed by atoms with Gasteiger partial charge in [-0.2, -0.15) is 0 Å². The first-order chi connectivity index (χ1) is 10.2. The zero-order chi connectivity index (χ0) is 14.8. The summed E-state index contributed by atoms with van der Waals surface area (Å²) >= 11 is 0. The molecule has 0 radical (unpaired) electrons. The molecule has 8 nitrogen and oxygen atoms in total. The number of fused-ring (bicyclic) bond motifs is 1. The van der Waals surface area contributed by atoms with Crippen LogP contribution in [-0.4, -0.2) is 37.8 Å². The normalized spacial score (nSPS) is 20.5. The summed E-state index contributed by atoms with van der Waals surface area (Å²) in [7, 11) is 0. The Bertz CT molecular complexity index is 668. The standard InChI is InChI=1S/C13H14N6O2/c1-3-21-12(20)10-8(2)15-13-16-17-18-19(13)11(10)9-5-4-6-14-7-9/h4-7,10-11H,2-3H2,1H3,(H,15,16,18). The van der Waals surface area contributed by atoms with Crippen molar-refractivity contribution in [1.82, 2.24) is 25.2 Å². The summed E-state index contributed by atoms with van der Waals surface area (Å²) in [5, 5.41) is 14.4. The molecule has 108 valence electrons. The summed E-state index contributed by atoms with van der Waals surface area (Å²) in [6, 6.07) is 3.23. The van der Waals surface area contributed by atoms with Crippen LogP contribution < -0.4 is 5.32 Å². The van der Waals surface area contributed by atoms with Crippen molar-refractivity contribution in [3.63, 3.8) is 0 Å². The molecule has 2 unspecified atom stereocenters. The molecule has 0 amide bonds. The first-order valence-corrected chi connectivity index (χ1v) is 6.52. The molecular formula is C13H14N6O2. The molecule has 1 aliphatic heterocycles. The van der Waals surface area contributed by atoms with Gasteiger partial charge in [-0.15, -0.1) is 0 Å². The highest BCUT2D eigenvalue weighted by Crippen LogP contribution is 2.36. The van der Waals surface area contributed by atoms with E-state index in [9.17, 15) is 4.79 Å². The quantitative estimate of drug-likeness (QED) is 0.833. The highest BCUT2D eigenvalue weighted by Gasteiger charge is 2.41.